The van der Waals surface area contributed by atoms with Crippen LogP contribution in [0.1, 0.15) is 16.6 Å². The highest BCUT2D eigenvalue weighted by atomic mass is 32.1. The molecule has 0 aliphatic heterocycles. The number of carbonyl (C=O) groups is 2. The van der Waals surface area contributed by atoms with Crippen molar-refractivity contribution in [1.82, 2.24) is 5.32 Å². The Morgan fingerprint density at radius 3 is 2.62 bits per heavy atom. The normalized spacial score (nSPS) is 11.8. The molecular formula is C14H12F2N2O2S. The van der Waals surface area contributed by atoms with Crippen molar-refractivity contribution in [3.8, 4) is 0 Å². The van der Waals surface area contributed by atoms with E-state index < -0.39 is 23.6 Å². The minimum atomic E-state index is -0.875. The van der Waals surface area contributed by atoms with Crippen molar-refractivity contribution in [2.45, 2.75) is 13.0 Å². The molecule has 0 aliphatic rings. The summed E-state index contributed by atoms with van der Waals surface area (Å²) in [6.07, 6.45) is 0. The molecule has 0 saturated carbocycles. The Kier molecular flexibility index (Phi) is 4.64. The molecule has 110 valence electrons. The Labute approximate surface area is 123 Å². The lowest BCUT2D eigenvalue weighted by atomic mass is 10.2. The molecule has 0 spiro atoms. The highest BCUT2D eigenvalue weighted by Crippen LogP contribution is 2.15. The van der Waals surface area contributed by atoms with Crippen LogP contribution in [0.3, 0.4) is 0 Å². The largest absolute Gasteiger partial charge is 0.340 e. The molecule has 7 heteroatoms. The summed E-state index contributed by atoms with van der Waals surface area (Å²) in [5, 5.41) is 6.54. The van der Waals surface area contributed by atoms with Gasteiger partial charge >= 0.3 is 0 Å². The Balaban J connectivity index is 1.98. The summed E-state index contributed by atoms with van der Waals surface area (Å²) >= 11 is 1.25. The van der Waals surface area contributed by atoms with Crippen LogP contribution >= 0.6 is 11.3 Å². The van der Waals surface area contributed by atoms with Crippen LogP contribution < -0.4 is 10.6 Å². The topological polar surface area (TPSA) is 58.2 Å². The average molecular weight is 310 g/mol. The highest BCUT2D eigenvalue weighted by molar-refractivity contribution is 7.12. The van der Waals surface area contributed by atoms with Crippen LogP contribution in [-0.4, -0.2) is 17.9 Å². The number of rotatable bonds is 4. The molecule has 1 atom stereocenters. The van der Waals surface area contributed by atoms with Crippen LogP contribution in [-0.2, 0) is 4.79 Å². The fourth-order valence-electron chi connectivity index (χ4n) is 1.57. The van der Waals surface area contributed by atoms with Crippen molar-refractivity contribution >= 4 is 28.8 Å². The first-order valence-electron chi connectivity index (χ1n) is 6.07. The van der Waals surface area contributed by atoms with Crippen LogP contribution in [0.4, 0.5) is 14.5 Å². The number of amides is 2. The van der Waals surface area contributed by atoms with Crippen LogP contribution in [0.15, 0.2) is 35.7 Å². The third-order valence-electron chi connectivity index (χ3n) is 2.67. The maximum Gasteiger partial charge on any atom is 0.261 e. The average Bonchev–Trinajstić information content (AvgIpc) is 2.95. The van der Waals surface area contributed by atoms with E-state index in [9.17, 15) is 18.4 Å². The van der Waals surface area contributed by atoms with Gasteiger partial charge in [0.1, 0.15) is 17.7 Å². The highest BCUT2D eigenvalue weighted by Gasteiger charge is 2.18. The summed E-state index contributed by atoms with van der Waals surface area (Å²) in [5.41, 5.74) is -0.140. The van der Waals surface area contributed by atoms with E-state index in [0.29, 0.717) is 10.9 Å². The van der Waals surface area contributed by atoms with Crippen LogP contribution in [0, 0.1) is 11.6 Å². The van der Waals surface area contributed by atoms with Crippen molar-refractivity contribution in [3.63, 3.8) is 0 Å². The second kappa shape index (κ2) is 6.45. The number of hydrogen-bond acceptors (Lipinski definition) is 3. The zero-order valence-corrected chi connectivity index (χ0v) is 11.8. The van der Waals surface area contributed by atoms with Gasteiger partial charge in [-0.15, -0.1) is 11.3 Å². The summed E-state index contributed by atoms with van der Waals surface area (Å²) in [5.74, 6) is -2.58. The Hall–Kier alpha value is -2.28. The third kappa shape index (κ3) is 3.85. The number of hydrogen-bond donors (Lipinski definition) is 2. The number of thiophene rings is 1. The van der Waals surface area contributed by atoms with Gasteiger partial charge in [-0.2, -0.15) is 0 Å². The molecule has 1 aromatic carbocycles. The lowest BCUT2D eigenvalue weighted by Crippen LogP contribution is -2.41. The molecule has 0 unspecified atom stereocenters. The quantitative estimate of drug-likeness (QED) is 0.912. The van der Waals surface area contributed by atoms with E-state index in [-0.39, 0.29) is 11.6 Å². The van der Waals surface area contributed by atoms with E-state index in [1.807, 2.05) is 0 Å². The third-order valence-corrected chi connectivity index (χ3v) is 3.54. The second-order valence-electron chi connectivity index (χ2n) is 4.29. The molecule has 4 nitrogen and oxygen atoms in total. The van der Waals surface area contributed by atoms with E-state index in [4.69, 9.17) is 0 Å². The van der Waals surface area contributed by atoms with E-state index >= 15 is 0 Å². The lowest BCUT2D eigenvalue weighted by Gasteiger charge is -2.14. The molecule has 21 heavy (non-hydrogen) atoms. The number of carbonyl (C=O) groups excluding carboxylic acids is 2. The summed E-state index contributed by atoms with van der Waals surface area (Å²) in [6.45, 7) is 1.47. The molecular weight excluding hydrogens is 298 g/mol. The molecule has 2 aromatic rings. The van der Waals surface area contributed by atoms with Gasteiger partial charge in [0.25, 0.3) is 5.91 Å². The minimum absolute atomic E-state index is 0.140. The van der Waals surface area contributed by atoms with E-state index in [0.717, 1.165) is 12.1 Å². The van der Waals surface area contributed by atoms with Gasteiger partial charge < -0.3 is 10.6 Å². The summed E-state index contributed by atoms with van der Waals surface area (Å²) in [7, 11) is 0. The maximum absolute atomic E-state index is 13.4. The molecule has 0 aliphatic carbocycles. The Morgan fingerprint density at radius 2 is 2.00 bits per heavy atom. The summed E-state index contributed by atoms with van der Waals surface area (Å²) in [6, 6.07) is 5.32. The predicted molar refractivity (Wildman–Crippen MR) is 76.2 cm³/mol. The van der Waals surface area contributed by atoms with Gasteiger partial charge in [0, 0.05) is 6.07 Å². The van der Waals surface area contributed by atoms with Gasteiger partial charge in [-0.05, 0) is 30.5 Å². The van der Waals surface area contributed by atoms with Crippen molar-refractivity contribution in [2.24, 2.45) is 0 Å². The molecule has 2 rings (SSSR count). The van der Waals surface area contributed by atoms with Crippen LogP contribution in [0.2, 0.25) is 0 Å². The van der Waals surface area contributed by atoms with E-state index in [1.54, 1.807) is 17.5 Å². The zero-order chi connectivity index (χ0) is 15.4. The molecule has 0 saturated heterocycles. The summed E-state index contributed by atoms with van der Waals surface area (Å²) in [4.78, 5) is 24.1. The van der Waals surface area contributed by atoms with Gasteiger partial charge in [0.05, 0.1) is 10.6 Å². The standard InChI is InChI=1S/C14H12F2N2O2S/c1-8(17-14(20)12-3-2-6-21-12)13(19)18-11-5-4-9(15)7-10(11)16/h2-8H,1H3,(H,17,20)(H,18,19)/t8-/m0/s1. The van der Waals surface area contributed by atoms with Gasteiger partial charge in [-0.1, -0.05) is 6.07 Å². The van der Waals surface area contributed by atoms with Gasteiger partial charge in [0.15, 0.2) is 0 Å². The predicted octanol–water partition coefficient (Wildman–Crippen LogP) is 2.78. The minimum Gasteiger partial charge on any atom is -0.340 e. The van der Waals surface area contributed by atoms with Crippen molar-refractivity contribution in [3.05, 3.63) is 52.2 Å². The number of benzene rings is 1. The van der Waals surface area contributed by atoms with Crippen LogP contribution in [0.25, 0.3) is 0 Å². The first-order valence-corrected chi connectivity index (χ1v) is 6.95. The molecule has 1 aromatic heterocycles. The molecule has 0 bridgehead atoms. The fourth-order valence-corrected chi connectivity index (χ4v) is 2.20. The zero-order valence-electron chi connectivity index (χ0n) is 11.0. The lowest BCUT2D eigenvalue weighted by molar-refractivity contribution is -0.117. The summed E-state index contributed by atoms with van der Waals surface area (Å²) < 4.78 is 26.2. The Morgan fingerprint density at radius 1 is 1.24 bits per heavy atom. The van der Waals surface area contributed by atoms with Crippen molar-refractivity contribution < 1.29 is 18.4 Å². The SMILES string of the molecule is C[C@H](NC(=O)c1cccs1)C(=O)Nc1ccc(F)cc1F. The van der Waals surface area contributed by atoms with E-state index in [2.05, 4.69) is 10.6 Å². The van der Waals surface area contributed by atoms with Crippen molar-refractivity contribution in [1.29, 1.82) is 0 Å². The van der Waals surface area contributed by atoms with Crippen molar-refractivity contribution in [2.75, 3.05) is 5.32 Å². The maximum atomic E-state index is 13.4. The molecule has 2 amide bonds. The molecule has 0 fully saturated rings. The molecule has 2 N–H and O–H groups in total. The van der Waals surface area contributed by atoms with Gasteiger partial charge in [0.2, 0.25) is 5.91 Å². The monoisotopic (exact) mass is 310 g/mol. The first-order chi connectivity index (χ1) is 9.97. The van der Waals surface area contributed by atoms with Gasteiger partial charge in [-0.25, -0.2) is 8.78 Å². The van der Waals surface area contributed by atoms with E-state index in [1.165, 1.54) is 18.3 Å². The number of nitrogens with one attached hydrogen (secondary N) is 2. The second-order valence-corrected chi connectivity index (χ2v) is 5.23. The van der Waals surface area contributed by atoms with Crippen LogP contribution in [0.5, 0.6) is 0 Å². The fraction of sp³-hybridized carbons (Fsp3) is 0.143. The molecule has 0 radical (unpaired) electrons. The first kappa shape index (κ1) is 15.1. The number of halogens is 2. The van der Waals surface area contributed by atoms with Gasteiger partial charge in [-0.3, -0.25) is 9.59 Å². The number of anilines is 1. The Bertz CT molecular complexity index is 659. The smallest absolute Gasteiger partial charge is 0.261 e. The molecule has 1 heterocycles.